The van der Waals surface area contributed by atoms with Crippen molar-refractivity contribution in [3.63, 3.8) is 0 Å². The first-order valence-corrected chi connectivity index (χ1v) is 10.8. The van der Waals surface area contributed by atoms with Crippen LogP contribution >= 0.6 is 0 Å². The van der Waals surface area contributed by atoms with Crippen LogP contribution in [0.25, 0.3) is 44.5 Å². The smallest absolute Gasteiger partial charge is 0.000729 e. The van der Waals surface area contributed by atoms with Gasteiger partial charge in [0.1, 0.15) is 0 Å². The Morgan fingerprint density at radius 1 is 0.355 bits per heavy atom. The molecule has 0 saturated heterocycles. The number of benzene rings is 5. The molecule has 5 aromatic rings. The van der Waals surface area contributed by atoms with E-state index in [9.17, 15) is 0 Å². The molecular weight excluding hydrogens is 372 g/mol. The highest BCUT2D eigenvalue weighted by atomic mass is 14.2. The van der Waals surface area contributed by atoms with Crippen LogP contribution in [0.2, 0.25) is 0 Å². The second kappa shape index (κ2) is 7.41. The molecule has 0 radical (unpaired) electrons. The number of fused-ring (bicyclic) bond motifs is 3. The molecule has 31 heavy (non-hydrogen) atoms. The van der Waals surface area contributed by atoms with Gasteiger partial charge in [-0.3, -0.25) is 0 Å². The van der Waals surface area contributed by atoms with Crippen molar-refractivity contribution >= 4 is 0 Å². The Morgan fingerprint density at radius 2 is 0.871 bits per heavy atom. The number of hydrogen-bond acceptors (Lipinski definition) is 0. The van der Waals surface area contributed by atoms with Crippen molar-refractivity contribution in [3.05, 3.63) is 132 Å². The molecule has 146 valence electrons. The number of hydrogen-bond donors (Lipinski definition) is 0. The zero-order valence-electron chi connectivity index (χ0n) is 17.3. The maximum atomic E-state index is 2.35. The minimum absolute atomic E-state index is 0.998. The summed E-state index contributed by atoms with van der Waals surface area (Å²) in [6, 6.07) is 43.9. The maximum Gasteiger partial charge on any atom is -0.000729 e. The summed E-state index contributed by atoms with van der Waals surface area (Å²) in [6.45, 7) is 0. The normalized spacial score (nSPS) is 11.7. The molecule has 0 nitrogen and oxygen atoms in total. The lowest BCUT2D eigenvalue weighted by atomic mass is 9.90. The summed E-state index contributed by atoms with van der Waals surface area (Å²) in [7, 11) is 0. The highest BCUT2D eigenvalue weighted by Crippen LogP contribution is 2.43. The molecule has 0 bridgehead atoms. The lowest BCUT2D eigenvalue weighted by molar-refractivity contribution is 1.26. The van der Waals surface area contributed by atoms with Crippen LogP contribution in [-0.4, -0.2) is 0 Å². The van der Waals surface area contributed by atoms with Crippen molar-refractivity contribution < 1.29 is 0 Å². The summed E-state index contributed by atoms with van der Waals surface area (Å²) in [5.41, 5.74) is 13.2. The molecule has 0 aromatic heterocycles. The van der Waals surface area contributed by atoms with Gasteiger partial charge in [-0.2, -0.15) is 0 Å². The Labute approximate surface area is 183 Å². The van der Waals surface area contributed by atoms with Crippen molar-refractivity contribution in [1.82, 2.24) is 0 Å². The largest absolute Gasteiger partial charge is 0.0622 e. The van der Waals surface area contributed by atoms with Crippen LogP contribution in [0.3, 0.4) is 0 Å². The van der Waals surface area contributed by atoms with Crippen molar-refractivity contribution in [2.75, 3.05) is 0 Å². The highest BCUT2D eigenvalue weighted by Gasteiger charge is 2.21. The fourth-order valence-electron chi connectivity index (χ4n) is 4.81. The molecule has 1 aliphatic rings. The van der Waals surface area contributed by atoms with Crippen LogP contribution in [0, 0.1) is 0 Å². The predicted octanol–water partition coefficient (Wildman–Crippen LogP) is 8.26. The first kappa shape index (κ1) is 17.9. The summed E-state index contributed by atoms with van der Waals surface area (Å²) in [6.07, 6.45) is 0.998. The quantitative estimate of drug-likeness (QED) is 0.283. The Kier molecular flexibility index (Phi) is 4.28. The van der Waals surface area contributed by atoms with Crippen molar-refractivity contribution in [2.45, 2.75) is 6.42 Å². The van der Waals surface area contributed by atoms with Crippen LogP contribution in [0.15, 0.2) is 121 Å². The zero-order chi connectivity index (χ0) is 20.6. The summed E-state index contributed by atoms with van der Waals surface area (Å²) in [5.74, 6) is 0. The zero-order valence-corrected chi connectivity index (χ0v) is 17.3. The molecule has 0 unspecified atom stereocenters. The minimum atomic E-state index is 0.998. The number of rotatable bonds is 3. The van der Waals surface area contributed by atoms with Gasteiger partial charge in [-0.1, -0.05) is 103 Å². The summed E-state index contributed by atoms with van der Waals surface area (Å²) < 4.78 is 0. The molecule has 0 amide bonds. The average Bonchev–Trinajstić information content (AvgIpc) is 3.24. The monoisotopic (exact) mass is 394 g/mol. The fourth-order valence-corrected chi connectivity index (χ4v) is 4.81. The molecular formula is C31H22. The van der Waals surface area contributed by atoms with Crippen LogP contribution in [0.4, 0.5) is 0 Å². The van der Waals surface area contributed by atoms with Gasteiger partial charge < -0.3 is 0 Å². The molecule has 0 N–H and O–H groups in total. The van der Waals surface area contributed by atoms with Gasteiger partial charge in [0, 0.05) is 0 Å². The Balaban J connectivity index is 1.57. The van der Waals surface area contributed by atoms with Gasteiger partial charge in [-0.05, 0) is 80.3 Å². The van der Waals surface area contributed by atoms with Gasteiger partial charge in [-0.25, -0.2) is 0 Å². The van der Waals surface area contributed by atoms with E-state index in [1.54, 1.807) is 0 Å². The minimum Gasteiger partial charge on any atom is -0.0622 e. The third-order valence-electron chi connectivity index (χ3n) is 6.31. The van der Waals surface area contributed by atoms with E-state index in [2.05, 4.69) is 121 Å². The molecule has 0 heterocycles. The van der Waals surface area contributed by atoms with Crippen LogP contribution in [0.1, 0.15) is 11.1 Å². The van der Waals surface area contributed by atoms with E-state index >= 15 is 0 Å². The average molecular weight is 395 g/mol. The molecule has 1 aliphatic carbocycles. The summed E-state index contributed by atoms with van der Waals surface area (Å²) in [5, 5.41) is 0. The predicted molar refractivity (Wildman–Crippen MR) is 131 cm³/mol. The van der Waals surface area contributed by atoms with Gasteiger partial charge in [0.2, 0.25) is 0 Å². The lowest BCUT2D eigenvalue weighted by Crippen LogP contribution is -1.90. The second-order valence-corrected chi connectivity index (χ2v) is 8.20. The van der Waals surface area contributed by atoms with E-state index in [1.165, 1.54) is 55.6 Å². The van der Waals surface area contributed by atoms with E-state index in [-0.39, 0.29) is 0 Å². The van der Waals surface area contributed by atoms with Gasteiger partial charge in [0.15, 0.2) is 0 Å². The Bertz CT molecular complexity index is 1320. The van der Waals surface area contributed by atoms with Crippen LogP contribution < -0.4 is 0 Å². The summed E-state index contributed by atoms with van der Waals surface area (Å²) in [4.78, 5) is 0. The summed E-state index contributed by atoms with van der Waals surface area (Å²) >= 11 is 0. The molecule has 0 spiro atoms. The second-order valence-electron chi connectivity index (χ2n) is 8.20. The standard InChI is InChI=1S/C31H22/c1-3-10-22(11-4-1)25-18-26(23-12-5-2-6-13-23)20-27(19-25)29-16-9-17-30-28-15-8-7-14-24(28)21-31(29)30/h1-20H,21H2. The highest BCUT2D eigenvalue weighted by molar-refractivity contribution is 5.88. The van der Waals surface area contributed by atoms with Crippen LogP contribution in [-0.2, 0) is 6.42 Å². The van der Waals surface area contributed by atoms with Crippen molar-refractivity contribution in [2.24, 2.45) is 0 Å². The molecule has 6 rings (SSSR count). The first-order valence-electron chi connectivity index (χ1n) is 10.8. The molecule has 5 aromatic carbocycles. The van der Waals surface area contributed by atoms with Gasteiger partial charge in [0.25, 0.3) is 0 Å². The fraction of sp³-hybridized carbons (Fsp3) is 0.0323. The Morgan fingerprint density at radius 3 is 1.55 bits per heavy atom. The third kappa shape index (κ3) is 3.17. The molecule has 0 saturated carbocycles. The lowest BCUT2D eigenvalue weighted by Gasteiger charge is -2.14. The molecule has 0 heteroatoms. The van der Waals surface area contributed by atoms with Gasteiger partial charge in [-0.15, -0.1) is 0 Å². The molecule has 0 aliphatic heterocycles. The van der Waals surface area contributed by atoms with E-state index in [4.69, 9.17) is 0 Å². The van der Waals surface area contributed by atoms with E-state index in [0.717, 1.165) is 6.42 Å². The van der Waals surface area contributed by atoms with E-state index in [1.807, 2.05) is 0 Å². The maximum absolute atomic E-state index is 2.35. The Hall–Kier alpha value is -3.90. The SMILES string of the molecule is c1ccc(-c2cc(-c3ccccc3)cc(-c3cccc4c3Cc3ccccc3-4)c2)cc1. The first-order chi connectivity index (χ1) is 15.4. The van der Waals surface area contributed by atoms with Gasteiger partial charge >= 0.3 is 0 Å². The van der Waals surface area contributed by atoms with Gasteiger partial charge in [0.05, 0.1) is 0 Å². The third-order valence-corrected chi connectivity index (χ3v) is 6.31. The van der Waals surface area contributed by atoms with Crippen molar-refractivity contribution in [1.29, 1.82) is 0 Å². The van der Waals surface area contributed by atoms with Crippen LogP contribution in [0.5, 0.6) is 0 Å². The van der Waals surface area contributed by atoms with Crippen molar-refractivity contribution in [3.8, 4) is 44.5 Å². The van der Waals surface area contributed by atoms with E-state index in [0.29, 0.717) is 0 Å². The van der Waals surface area contributed by atoms with E-state index < -0.39 is 0 Å². The molecule has 0 atom stereocenters. The topological polar surface area (TPSA) is 0 Å². The molecule has 0 fully saturated rings.